The van der Waals surface area contributed by atoms with Crippen LogP contribution >= 0.6 is 0 Å². The summed E-state index contributed by atoms with van der Waals surface area (Å²) in [6.07, 6.45) is -3.67. The maximum Gasteiger partial charge on any atom is 0.507 e. The van der Waals surface area contributed by atoms with E-state index in [1.54, 1.807) is 6.92 Å². The Bertz CT molecular complexity index is 291. The van der Waals surface area contributed by atoms with Crippen LogP contribution in [0.5, 0.6) is 0 Å². The van der Waals surface area contributed by atoms with Crippen LogP contribution in [0, 0.1) is 0 Å². The lowest BCUT2D eigenvalue weighted by Crippen LogP contribution is -2.42. The van der Waals surface area contributed by atoms with E-state index in [0.29, 0.717) is 4.90 Å². The lowest BCUT2D eigenvalue weighted by atomic mass is 10.5. The van der Waals surface area contributed by atoms with Crippen molar-refractivity contribution in [2.24, 2.45) is 0 Å². The van der Waals surface area contributed by atoms with E-state index in [9.17, 15) is 14.4 Å². The van der Waals surface area contributed by atoms with Gasteiger partial charge in [0, 0.05) is 0 Å². The molecule has 8 nitrogen and oxygen atoms in total. The number of nitrogens with zero attached hydrogens (tertiary/aromatic N) is 1. The van der Waals surface area contributed by atoms with Crippen LogP contribution in [-0.2, 0) is 9.47 Å². The second kappa shape index (κ2) is 4.49. The summed E-state index contributed by atoms with van der Waals surface area (Å²) in [5.74, 6) is 0. The molecule has 0 radical (unpaired) electrons. The first kappa shape index (κ1) is 11.1. The molecule has 1 saturated heterocycles. The Morgan fingerprint density at radius 2 is 2.33 bits per heavy atom. The highest BCUT2D eigenvalue weighted by molar-refractivity contribution is 5.93. The number of nitrogens with one attached hydrogen (secondary N) is 1. The van der Waals surface area contributed by atoms with E-state index in [-0.39, 0.29) is 13.2 Å². The number of carboxylic acid groups (broad SMARTS) is 1. The summed E-state index contributed by atoms with van der Waals surface area (Å²) in [6.45, 7) is 1.57. The first-order chi connectivity index (χ1) is 7.06. The highest BCUT2D eigenvalue weighted by atomic mass is 16.7. The molecule has 1 heterocycles. The fourth-order valence-corrected chi connectivity index (χ4v) is 1.09. The molecule has 2 N–H and O–H groups in total. The lowest BCUT2D eigenvalue weighted by molar-refractivity contribution is 0.00327. The van der Waals surface area contributed by atoms with E-state index in [1.807, 2.05) is 0 Å². The molecule has 0 spiro atoms. The van der Waals surface area contributed by atoms with E-state index in [0.717, 1.165) is 0 Å². The third-order valence-corrected chi connectivity index (χ3v) is 1.64. The third-order valence-electron chi connectivity index (χ3n) is 1.64. The van der Waals surface area contributed by atoms with E-state index in [2.05, 4.69) is 14.8 Å². The zero-order chi connectivity index (χ0) is 11.4. The fraction of sp³-hybridized carbons (Fsp3) is 0.571. The van der Waals surface area contributed by atoms with Crippen molar-refractivity contribution in [2.75, 3.05) is 13.2 Å². The number of imide groups is 1. The van der Waals surface area contributed by atoms with Crippen LogP contribution in [0.15, 0.2) is 0 Å². The molecule has 84 valence electrons. The Morgan fingerprint density at radius 1 is 1.67 bits per heavy atom. The SMILES string of the molecule is CCOC(=O)N1C(=O)NCC1OC(=O)O. The molecule has 1 atom stereocenters. The van der Waals surface area contributed by atoms with Crippen LogP contribution in [0.1, 0.15) is 6.92 Å². The molecule has 0 saturated carbocycles. The number of amides is 3. The topological polar surface area (TPSA) is 105 Å². The van der Waals surface area contributed by atoms with Crippen molar-refractivity contribution in [3.8, 4) is 0 Å². The second-order valence-electron chi connectivity index (χ2n) is 2.59. The first-order valence-electron chi connectivity index (χ1n) is 4.19. The van der Waals surface area contributed by atoms with E-state index < -0.39 is 24.5 Å². The van der Waals surface area contributed by atoms with Crippen LogP contribution in [0.2, 0.25) is 0 Å². The maximum atomic E-state index is 11.2. The van der Waals surface area contributed by atoms with Crippen LogP contribution in [-0.4, -0.2) is 47.7 Å². The van der Waals surface area contributed by atoms with Crippen molar-refractivity contribution < 1.29 is 29.0 Å². The Balaban J connectivity index is 2.68. The summed E-state index contributed by atoms with van der Waals surface area (Å²) in [7, 11) is 0. The molecular formula is C7H10N2O6. The molecule has 1 unspecified atom stereocenters. The van der Waals surface area contributed by atoms with Crippen LogP contribution in [0.25, 0.3) is 0 Å². The summed E-state index contributed by atoms with van der Waals surface area (Å²) in [5.41, 5.74) is 0. The zero-order valence-corrected chi connectivity index (χ0v) is 7.93. The molecule has 0 aliphatic carbocycles. The third kappa shape index (κ3) is 2.48. The highest BCUT2D eigenvalue weighted by Crippen LogP contribution is 2.10. The molecular weight excluding hydrogens is 208 g/mol. The molecule has 3 amide bonds. The normalized spacial score (nSPS) is 19.7. The van der Waals surface area contributed by atoms with Gasteiger partial charge in [-0.3, -0.25) is 0 Å². The Morgan fingerprint density at radius 3 is 2.87 bits per heavy atom. The van der Waals surface area contributed by atoms with Gasteiger partial charge in [0.05, 0.1) is 13.2 Å². The lowest BCUT2D eigenvalue weighted by Gasteiger charge is -2.18. The van der Waals surface area contributed by atoms with Gasteiger partial charge in [0.15, 0.2) is 0 Å². The second-order valence-corrected chi connectivity index (χ2v) is 2.59. The molecule has 1 aliphatic heterocycles. The molecule has 0 aromatic carbocycles. The van der Waals surface area contributed by atoms with Crippen molar-refractivity contribution in [1.82, 2.24) is 10.2 Å². The van der Waals surface area contributed by atoms with E-state index >= 15 is 0 Å². The van der Waals surface area contributed by atoms with Crippen LogP contribution in [0.3, 0.4) is 0 Å². The number of urea groups is 1. The standard InChI is InChI=1S/C7H10N2O6/c1-2-14-6(11)9-4(15-7(12)13)3-8-5(9)10/h4H,2-3H2,1H3,(H,8,10)(H,12,13). The Kier molecular flexibility index (Phi) is 3.32. The minimum Gasteiger partial charge on any atom is -0.450 e. The highest BCUT2D eigenvalue weighted by Gasteiger charge is 2.39. The zero-order valence-electron chi connectivity index (χ0n) is 7.93. The largest absolute Gasteiger partial charge is 0.507 e. The predicted molar refractivity (Wildman–Crippen MR) is 45.2 cm³/mol. The van der Waals surface area contributed by atoms with Crippen molar-refractivity contribution in [1.29, 1.82) is 0 Å². The van der Waals surface area contributed by atoms with Gasteiger partial charge in [0.25, 0.3) is 0 Å². The number of ether oxygens (including phenoxy) is 2. The van der Waals surface area contributed by atoms with Crippen LogP contribution in [0.4, 0.5) is 14.4 Å². The molecule has 1 fully saturated rings. The van der Waals surface area contributed by atoms with Crippen LogP contribution < -0.4 is 5.32 Å². The Hall–Kier alpha value is -1.99. The van der Waals surface area contributed by atoms with Gasteiger partial charge >= 0.3 is 18.3 Å². The predicted octanol–water partition coefficient (Wildman–Crippen LogP) is 0.189. The van der Waals surface area contributed by atoms with Gasteiger partial charge in [-0.15, -0.1) is 0 Å². The van der Waals surface area contributed by atoms with Gasteiger partial charge in [-0.05, 0) is 6.92 Å². The van der Waals surface area contributed by atoms with Gasteiger partial charge in [-0.25, -0.2) is 14.4 Å². The summed E-state index contributed by atoms with van der Waals surface area (Å²) < 4.78 is 8.88. The number of hydrogen-bond donors (Lipinski definition) is 2. The van der Waals surface area contributed by atoms with Gasteiger partial charge in [-0.1, -0.05) is 0 Å². The molecule has 1 aliphatic rings. The monoisotopic (exact) mass is 218 g/mol. The minimum absolute atomic E-state index is 0.0794. The Labute approximate surface area is 84.7 Å². The number of carbonyl (C=O) groups excluding carboxylic acids is 2. The average Bonchev–Trinajstić information content (AvgIpc) is 2.46. The van der Waals surface area contributed by atoms with E-state index in [1.165, 1.54) is 0 Å². The smallest absolute Gasteiger partial charge is 0.450 e. The van der Waals surface area contributed by atoms with Gasteiger partial charge in [0.2, 0.25) is 6.23 Å². The van der Waals surface area contributed by atoms with Crippen molar-refractivity contribution in [3.63, 3.8) is 0 Å². The summed E-state index contributed by atoms with van der Waals surface area (Å²) in [5, 5.41) is 10.6. The molecule has 0 aromatic heterocycles. The number of rotatable bonds is 2. The fourth-order valence-electron chi connectivity index (χ4n) is 1.09. The molecule has 0 bridgehead atoms. The van der Waals surface area contributed by atoms with Gasteiger partial charge < -0.3 is 19.9 Å². The van der Waals surface area contributed by atoms with E-state index in [4.69, 9.17) is 5.11 Å². The van der Waals surface area contributed by atoms with Crippen molar-refractivity contribution >= 4 is 18.3 Å². The quantitative estimate of drug-likeness (QED) is 0.641. The average molecular weight is 218 g/mol. The van der Waals surface area contributed by atoms with Gasteiger partial charge in [0.1, 0.15) is 0 Å². The molecule has 1 rings (SSSR count). The number of carbonyl (C=O) groups is 3. The van der Waals surface area contributed by atoms with Gasteiger partial charge in [-0.2, -0.15) is 4.90 Å². The minimum atomic E-state index is -1.56. The molecule has 8 heteroatoms. The summed E-state index contributed by atoms with van der Waals surface area (Å²) in [6, 6.07) is -0.736. The first-order valence-corrected chi connectivity index (χ1v) is 4.19. The van der Waals surface area contributed by atoms with Crippen molar-refractivity contribution in [2.45, 2.75) is 13.2 Å². The summed E-state index contributed by atoms with van der Waals surface area (Å²) >= 11 is 0. The number of hydrogen-bond acceptors (Lipinski definition) is 5. The summed E-state index contributed by atoms with van der Waals surface area (Å²) in [4.78, 5) is 33.2. The van der Waals surface area contributed by atoms with Crippen molar-refractivity contribution in [3.05, 3.63) is 0 Å². The molecule has 0 aromatic rings. The maximum absolute atomic E-state index is 11.2. The molecule has 15 heavy (non-hydrogen) atoms.